The predicted octanol–water partition coefficient (Wildman–Crippen LogP) is 1.93. The number of nitrogens with two attached hydrogens (primary N) is 1. The molecule has 1 aromatic heterocycles. The van der Waals surface area contributed by atoms with Crippen LogP contribution < -0.4 is 5.73 Å². The quantitative estimate of drug-likeness (QED) is 0.872. The molecule has 1 fully saturated rings. The Morgan fingerprint density at radius 2 is 2.29 bits per heavy atom. The van der Waals surface area contributed by atoms with Crippen molar-refractivity contribution >= 4 is 11.3 Å². The van der Waals surface area contributed by atoms with Crippen molar-refractivity contribution < 1.29 is 4.74 Å². The Bertz CT molecular complexity index is 309. The van der Waals surface area contributed by atoms with Crippen LogP contribution in [-0.4, -0.2) is 37.7 Å². The van der Waals surface area contributed by atoms with E-state index in [0.29, 0.717) is 12.0 Å². The second-order valence-electron chi connectivity index (χ2n) is 4.80. The molecule has 0 spiro atoms. The van der Waals surface area contributed by atoms with Crippen molar-refractivity contribution in [2.24, 2.45) is 11.7 Å². The van der Waals surface area contributed by atoms with E-state index in [-0.39, 0.29) is 0 Å². The van der Waals surface area contributed by atoms with Gasteiger partial charge in [-0.2, -0.15) is 11.3 Å². The van der Waals surface area contributed by atoms with E-state index in [0.717, 1.165) is 39.1 Å². The van der Waals surface area contributed by atoms with Crippen LogP contribution in [0.3, 0.4) is 0 Å². The summed E-state index contributed by atoms with van der Waals surface area (Å²) in [5, 5.41) is 4.35. The lowest BCUT2D eigenvalue weighted by atomic mass is 9.90. The van der Waals surface area contributed by atoms with E-state index in [4.69, 9.17) is 10.5 Å². The zero-order valence-electron chi connectivity index (χ0n) is 10.5. The van der Waals surface area contributed by atoms with Crippen molar-refractivity contribution in [2.75, 3.05) is 26.8 Å². The lowest BCUT2D eigenvalue weighted by Crippen LogP contribution is -2.44. The minimum absolute atomic E-state index is 0.485. The Morgan fingerprint density at radius 1 is 1.53 bits per heavy atom. The second kappa shape index (κ2) is 6.50. The summed E-state index contributed by atoms with van der Waals surface area (Å²) in [6, 6.07) is 2.68. The van der Waals surface area contributed by atoms with E-state index in [9.17, 15) is 0 Å². The maximum atomic E-state index is 5.95. The Balaban J connectivity index is 1.92. The highest BCUT2D eigenvalue weighted by Crippen LogP contribution is 2.23. The van der Waals surface area contributed by atoms with Gasteiger partial charge in [-0.1, -0.05) is 0 Å². The lowest BCUT2D eigenvalue weighted by Gasteiger charge is -2.35. The molecule has 17 heavy (non-hydrogen) atoms. The smallest absolute Gasteiger partial charge is 0.0469 e. The molecule has 0 aliphatic carbocycles. The first kappa shape index (κ1) is 13.0. The zero-order chi connectivity index (χ0) is 12.1. The summed E-state index contributed by atoms with van der Waals surface area (Å²) in [6.07, 6.45) is 2.30. The number of hydrogen-bond acceptors (Lipinski definition) is 4. The molecular formula is C13H22N2OS. The predicted molar refractivity (Wildman–Crippen MR) is 72.2 cm³/mol. The van der Waals surface area contributed by atoms with Gasteiger partial charge in [0.1, 0.15) is 0 Å². The van der Waals surface area contributed by atoms with Crippen molar-refractivity contribution in [3.63, 3.8) is 0 Å². The Kier molecular flexibility index (Phi) is 4.98. The van der Waals surface area contributed by atoms with Crippen LogP contribution in [0, 0.1) is 5.92 Å². The van der Waals surface area contributed by atoms with Crippen molar-refractivity contribution in [1.29, 1.82) is 0 Å². The molecule has 96 valence electrons. The number of thiophene rings is 1. The number of rotatable bonds is 5. The van der Waals surface area contributed by atoms with E-state index in [1.165, 1.54) is 5.56 Å². The van der Waals surface area contributed by atoms with Crippen LogP contribution in [-0.2, 0) is 11.3 Å². The minimum Gasteiger partial charge on any atom is -0.381 e. The summed E-state index contributed by atoms with van der Waals surface area (Å²) in [5.41, 5.74) is 7.35. The number of nitrogens with zero attached hydrogens (tertiary/aromatic N) is 1. The highest BCUT2D eigenvalue weighted by Gasteiger charge is 2.26. The summed E-state index contributed by atoms with van der Waals surface area (Å²) in [5.74, 6) is 0.692. The fourth-order valence-electron chi connectivity index (χ4n) is 2.62. The Hall–Kier alpha value is -0.420. The van der Waals surface area contributed by atoms with Crippen LogP contribution in [0.25, 0.3) is 0 Å². The molecule has 1 aliphatic rings. The van der Waals surface area contributed by atoms with E-state index in [1.807, 2.05) is 0 Å². The molecule has 1 atom stereocenters. The molecule has 0 saturated carbocycles. The van der Waals surface area contributed by atoms with E-state index >= 15 is 0 Å². The summed E-state index contributed by atoms with van der Waals surface area (Å²) in [6.45, 7) is 3.54. The van der Waals surface area contributed by atoms with E-state index < -0.39 is 0 Å². The highest BCUT2D eigenvalue weighted by molar-refractivity contribution is 7.07. The average molecular weight is 254 g/mol. The fraction of sp³-hybridized carbons (Fsp3) is 0.692. The minimum atomic E-state index is 0.485. The maximum absolute atomic E-state index is 5.95. The normalized spacial score (nSPS) is 19.7. The molecule has 0 aromatic carbocycles. The molecule has 2 N–H and O–H groups in total. The molecule has 2 heterocycles. The van der Waals surface area contributed by atoms with Gasteiger partial charge in [0, 0.05) is 32.3 Å². The van der Waals surface area contributed by atoms with Gasteiger partial charge >= 0.3 is 0 Å². The first-order chi connectivity index (χ1) is 8.31. The Labute approximate surface area is 108 Å². The van der Waals surface area contributed by atoms with Crippen LogP contribution in [0.4, 0.5) is 0 Å². The first-order valence-electron chi connectivity index (χ1n) is 6.30. The van der Waals surface area contributed by atoms with Gasteiger partial charge in [0.05, 0.1) is 0 Å². The van der Waals surface area contributed by atoms with Crippen LogP contribution in [0.5, 0.6) is 0 Å². The van der Waals surface area contributed by atoms with Gasteiger partial charge in [0.25, 0.3) is 0 Å². The van der Waals surface area contributed by atoms with Crippen LogP contribution in [0.2, 0.25) is 0 Å². The topological polar surface area (TPSA) is 38.5 Å². The van der Waals surface area contributed by atoms with Crippen LogP contribution in [0.15, 0.2) is 16.8 Å². The third kappa shape index (κ3) is 3.52. The van der Waals surface area contributed by atoms with Gasteiger partial charge in [-0.25, -0.2) is 0 Å². The second-order valence-corrected chi connectivity index (χ2v) is 5.58. The number of ether oxygens (including phenoxy) is 1. The summed E-state index contributed by atoms with van der Waals surface area (Å²) >= 11 is 1.76. The molecule has 0 amide bonds. The van der Waals surface area contributed by atoms with Gasteiger partial charge in [0.2, 0.25) is 0 Å². The van der Waals surface area contributed by atoms with Gasteiger partial charge in [-0.3, -0.25) is 4.90 Å². The molecule has 1 aliphatic heterocycles. The van der Waals surface area contributed by atoms with Crippen LogP contribution >= 0.6 is 11.3 Å². The molecule has 0 bridgehead atoms. The molecule has 2 rings (SSSR count). The van der Waals surface area contributed by atoms with E-state index in [2.05, 4.69) is 28.8 Å². The molecule has 1 saturated heterocycles. The SMILES string of the molecule is CN(Cc1ccsc1)C(CN)C1CCOCC1. The van der Waals surface area contributed by atoms with Crippen LogP contribution in [0.1, 0.15) is 18.4 Å². The van der Waals surface area contributed by atoms with Crippen molar-refractivity contribution in [1.82, 2.24) is 4.90 Å². The van der Waals surface area contributed by atoms with Crippen molar-refractivity contribution in [3.8, 4) is 0 Å². The molecule has 3 nitrogen and oxygen atoms in total. The monoisotopic (exact) mass is 254 g/mol. The summed E-state index contributed by atoms with van der Waals surface area (Å²) in [7, 11) is 2.19. The number of hydrogen-bond donors (Lipinski definition) is 1. The molecule has 1 unspecified atom stereocenters. The third-order valence-corrected chi connectivity index (χ3v) is 4.36. The molecular weight excluding hydrogens is 232 g/mol. The first-order valence-corrected chi connectivity index (χ1v) is 7.24. The molecule has 1 aromatic rings. The molecule has 0 radical (unpaired) electrons. The standard InChI is InChI=1S/C13H22N2OS/c1-15(9-11-4-7-17-10-11)13(8-14)12-2-5-16-6-3-12/h4,7,10,12-13H,2-3,5-6,8-9,14H2,1H3. The third-order valence-electron chi connectivity index (χ3n) is 3.63. The van der Waals surface area contributed by atoms with Gasteiger partial charge in [-0.05, 0) is 48.2 Å². The summed E-state index contributed by atoms with van der Waals surface area (Å²) < 4.78 is 5.42. The lowest BCUT2D eigenvalue weighted by molar-refractivity contribution is 0.0322. The molecule has 4 heteroatoms. The highest BCUT2D eigenvalue weighted by atomic mass is 32.1. The maximum Gasteiger partial charge on any atom is 0.0469 e. The summed E-state index contributed by atoms with van der Waals surface area (Å²) in [4.78, 5) is 2.40. The van der Waals surface area contributed by atoms with Gasteiger partial charge in [0.15, 0.2) is 0 Å². The average Bonchev–Trinajstić information content (AvgIpc) is 2.84. The van der Waals surface area contributed by atoms with Crippen molar-refractivity contribution in [3.05, 3.63) is 22.4 Å². The zero-order valence-corrected chi connectivity index (χ0v) is 11.3. The fourth-order valence-corrected chi connectivity index (χ4v) is 3.28. The number of likely N-dealkylation sites (N-methyl/N-ethyl adjacent to an activating group) is 1. The van der Waals surface area contributed by atoms with E-state index in [1.54, 1.807) is 11.3 Å². The largest absolute Gasteiger partial charge is 0.381 e. The van der Waals surface area contributed by atoms with Gasteiger partial charge in [-0.15, -0.1) is 0 Å². The van der Waals surface area contributed by atoms with Gasteiger partial charge < -0.3 is 10.5 Å². The Morgan fingerprint density at radius 3 is 2.88 bits per heavy atom. The van der Waals surface area contributed by atoms with Crippen molar-refractivity contribution in [2.45, 2.75) is 25.4 Å².